The summed E-state index contributed by atoms with van der Waals surface area (Å²) in [5.41, 5.74) is 0. The van der Waals surface area contributed by atoms with Crippen LogP contribution in [0.2, 0.25) is 0 Å². The van der Waals surface area contributed by atoms with Gasteiger partial charge in [-0.2, -0.15) is 0 Å². The molecule has 0 fully saturated rings. The van der Waals surface area contributed by atoms with Crippen molar-refractivity contribution in [3.05, 3.63) is 0 Å². The Labute approximate surface area is 250 Å². The highest BCUT2D eigenvalue weighted by Crippen LogP contribution is 1.90. The van der Waals surface area contributed by atoms with Crippen molar-refractivity contribution >= 4 is 0 Å². The van der Waals surface area contributed by atoms with Gasteiger partial charge in [0.25, 0.3) is 0 Å². The second-order valence-corrected chi connectivity index (χ2v) is 10.1. The highest BCUT2D eigenvalue weighted by atomic mass is 16.5. The van der Waals surface area contributed by atoms with Crippen molar-refractivity contribution in [1.82, 2.24) is 0 Å². The van der Waals surface area contributed by atoms with Crippen LogP contribution in [-0.2, 0) is 37.9 Å². The van der Waals surface area contributed by atoms with E-state index in [9.17, 15) is 0 Å². The number of ether oxygens (including phenoxy) is 8. The minimum absolute atomic E-state index is 0.324. The van der Waals surface area contributed by atoms with Crippen LogP contribution in [0.4, 0.5) is 0 Å². The van der Waals surface area contributed by atoms with Crippen LogP contribution in [0.15, 0.2) is 0 Å². The van der Waals surface area contributed by atoms with Gasteiger partial charge in [0.1, 0.15) is 0 Å². The van der Waals surface area contributed by atoms with E-state index in [1.54, 1.807) is 0 Å². The zero-order valence-electron chi connectivity index (χ0n) is 28.9. The molecule has 0 aliphatic carbocycles. The van der Waals surface area contributed by atoms with E-state index < -0.39 is 0 Å². The molecule has 40 heavy (non-hydrogen) atoms. The molecule has 0 aliphatic rings. The molecule has 0 aromatic heterocycles. The highest BCUT2D eigenvalue weighted by Gasteiger charge is 1.93. The molecule has 0 amide bonds. The summed E-state index contributed by atoms with van der Waals surface area (Å²) in [4.78, 5) is 0. The Morgan fingerprint density at radius 2 is 0.450 bits per heavy atom. The second-order valence-electron chi connectivity index (χ2n) is 10.1. The first-order chi connectivity index (χ1) is 19.1. The lowest BCUT2D eigenvalue weighted by molar-refractivity contribution is 0.0197. The maximum Gasteiger partial charge on any atom is 0.0703 e. The Morgan fingerprint density at radius 1 is 0.275 bits per heavy atom. The van der Waals surface area contributed by atoms with Crippen molar-refractivity contribution in [3.8, 4) is 0 Å². The monoisotopic (exact) mass is 585 g/mol. The Balaban J connectivity index is -0.000000216. The number of hydrogen-bond donors (Lipinski definition) is 0. The number of rotatable bonds is 24. The summed E-state index contributed by atoms with van der Waals surface area (Å²) in [7, 11) is 0. The fraction of sp³-hybridized carbons (Fsp3) is 1.00. The molecule has 0 spiro atoms. The lowest BCUT2D eigenvalue weighted by atomic mass is 10.5. The largest absolute Gasteiger partial charge is 0.379 e. The molecule has 0 N–H and O–H groups in total. The third-order valence-electron chi connectivity index (χ3n) is 4.11. The van der Waals surface area contributed by atoms with Crippen LogP contribution >= 0.6 is 0 Å². The summed E-state index contributed by atoms with van der Waals surface area (Å²) < 4.78 is 41.9. The average molecular weight is 585 g/mol. The average Bonchev–Trinajstić information content (AvgIpc) is 2.89. The minimum atomic E-state index is 0.324. The van der Waals surface area contributed by atoms with Crippen LogP contribution in [0.5, 0.6) is 0 Å². The highest BCUT2D eigenvalue weighted by molar-refractivity contribution is 4.38. The molecule has 0 aliphatic heterocycles. The van der Waals surface area contributed by atoms with E-state index in [4.69, 9.17) is 37.9 Å². The summed E-state index contributed by atoms with van der Waals surface area (Å²) in [6.07, 6.45) is 5.64. The molecule has 8 heteroatoms. The fourth-order valence-electron chi connectivity index (χ4n) is 2.36. The van der Waals surface area contributed by atoms with E-state index in [2.05, 4.69) is 27.7 Å². The normalized spacial score (nSPS) is 10.8. The van der Waals surface area contributed by atoms with E-state index in [0.29, 0.717) is 24.4 Å². The molecule has 248 valence electrons. The predicted molar refractivity (Wildman–Crippen MR) is 169 cm³/mol. The van der Waals surface area contributed by atoms with Crippen LogP contribution in [0.1, 0.15) is 109 Å². The van der Waals surface area contributed by atoms with Crippen LogP contribution in [-0.4, -0.2) is 104 Å². The minimum Gasteiger partial charge on any atom is -0.379 e. The van der Waals surface area contributed by atoms with Gasteiger partial charge in [0.05, 0.1) is 77.3 Å². The van der Waals surface area contributed by atoms with Gasteiger partial charge in [-0.3, -0.25) is 0 Å². The first kappa shape index (κ1) is 46.6. The van der Waals surface area contributed by atoms with Gasteiger partial charge in [0.15, 0.2) is 0 Å². The molecule has 0 unspecified atom stereocenters. The van der Waals surface area contributed by atoms with Crippen molar-refractivity contribution in [2.45, 2.75) is 133 Å². The summed E-state index contributed by atoms with van der Waals surface area (Å²) in [6.45, 7) is 33.8. The van der Waals surface area contributed by atoms with Crippen LogP contribution in [0.25, 0.3) is 0 Å². The molecule has 0 bridgehead atoms. The Morgan fingerprint density at radius 3 is 0.575 bits per heavy atom. The number of hydrogen-bond acceptors (Lipinski definition) is 8. The molecule has 0 aromatic carbocycles. The zero-order valence-corrected chi connectivity index (χ0v) is 28.9. The quantitative estimate of drug-likeness (QED) is 0.109. The van der Waals surface area contributed by atoms with Gasteiger partial charge in [-0.15, -0.1) is 0 Å². The predicted octanol–water partition coefficient (Wildman–Crippen LogP) is 7.35. The third-order valence-corrected chi connectivity index (χ3v) is 4.11. The molecule has 0 saturated carbocycles. The zero-order chi connectivity index (χ0) is 31.3. The van der Waals surface area contributed by atoms with Crippen LogP contribution in [0, 0.1) is 0 Å². The molecular weight excluding hydrogens is 512 g/mol. The lowest BCUT2D eigenvalue weighted by Crippen LogP contribution is -2.09. The molecule has 0 saturated heterocycles. The molecule has 0 atom stereocenters. The van der Waals surface area contributed by atoms with E-state index >= 15 is 0 Å². The van der Waals surface area contributed by atoms with E-state index in [-0.39, 0.29) is 0 Å². The van der Waals surface area contributed by atoms with Gasteiger partial charge in [-0.05, 0) is 81.1 Å². The van der Waals surface area contributed by atoms with Gasteiger partial charge in [-0.25, -0.2) is 0 Å². The van der Waals surface area contributed by atoms with Crippen molar-refractivity contribution in [2.24, 2.45) is 0 Å². The Kier molecular flexibility index (Phi) is 50.3. The van der Waals surface area contributed by atoms with Crippen LogP contribution < -0.4 is 0 Å². The topological polar surface area (TPSA) is 73.8 Å². The van der Waals surface area contributed by atoms with Gasteiger partial charge in [0.2, 0.25) is 0 Å². The fourth-order valence-corrected chi connectivity index (χ4v) is 2.36. The Bertz CT molecular complexity index is 321. The summed E-state index contributed by atoms with van der Waals surface area (Å²) >= 11 is 0. The van der Waals surface area contributed by atoms with Crippen molar-refractivity contribution < 1.29 is 37.9 Å². The Hall–Kier alpha value is -0.320. The van der Waals surface area contributed by atoms with E-state index in [0.717, 1.165) is 105 Å². The summed E-state index contributed by atoms with van der Waals surface area (Å²) in [5.74, 6) is 0. The van der Waals surface area contributed by atoms with Crippen molar-refractivity contribution in [1.29, 1.82) is 0 Å². The van der Waals surface area contributed by atoms with Gasteiger partial charge >= 0.3 is 0 Å². The molecule has 0 radical (unpaired) electrons. The maximum atomic E-state index is 5.26. The lowest BCUT2D eigenvalue weighted by Gasteiger charge is -2.06. The van der Waals surface area contributed by atoms with Gasteiger partial charge in [-0.1, -0.05) is 27.7 Å². The standard InChI is InChI=1S/4C8H18O2/c4*1-4-5-9-6-7-10-8(2)3/h4*8H,4-7H2,1-3H3. The summed E-state index contributed by atoms with van der Waals surface area (Å²) in [5, 5.41) is 0. The molecule has 0 rings (SSSR count). The van der Waals surface area contributed by atoms with Crippen molar-refractivity contribution in [3.63, 3.8) is 0 Å². The first-order valence-electron chi connectivity index (χ1n) is 15.9. The summed E-state index contributed by atoms with van der Waals surface area (Å²) in [6, 6.07) is 0. The maximum absolute atomic E-state index is 5.26. The SMILES string of the molecule is CCCOCCOC(C)C.CCCOCCOC(C)C.CCCOCCOC(C)C.CCCOCCOC(C)C. The molecule has 0 aromatic rings. The first-order valence-corrected chi connectivity index (χ1v) is 15.9. The third kappa shape index (κ3) is 66.2. The second kappa shape index (κ2) is 43.1. The van der Waals surface area contributed by atoms with Crippen molar-refractivity contribution in [2.75, 3.05) is 79.3 Å². The van der Waals surface area contributed by atoms with E-state index in [1.165, 1.54) is 0 Å². The van der Waals surface area contributed by atoms with Crippen LogP contribution in [0.3, 0.4) is 0 Å². The molecular formula is C32H72O8. The smallest absolute Gasteiger partial charge is 0.0703 e. The van der Waals surface area contributed by atoms with Gasteiger partial charge < -0.3 is 37.9 Å². The van der Waals surface area contributed by atoms with E-state index in [1.807, 2.05) is 55.4 Å². The molecule has 0 heterocycles. The molecule has 8 nitrogen and oxygen atoms in total. The van der Waals surface area contributed by atoms with Gasteiger partial charge in [0, 0.05) is 26.4 Å².